The van der Waals surface area contributed by atoms with Crippen LogP contribution in [0.5, 0.6) is 11.5 Å². The number of anilines is 1. The third-order valence-corrected chi connectivity index (χ3v) is 3.40. The van der Waals surface area contributed by atoms with Crippen LogP contribution in [0.25, 0.3) is 0 Å². The third-order valence-electron chi connectivity index (χ3n) is 3.17. The van der Waals surface area contributed by atoms with Gasteiger partial charge < -0.3 is 14.8 Å². The van der Waals surface area contributed by atoms with Gasteiger partial charge in [-0.2, -0.15) is 8.78 Å². The monoisotopic (exact) mass is 311 g/mol. The Morgan fingerprint density at radius 1 is 1.19 bits per heavy atom. The van der Waals surface area contributed by atoms with E-state index in [-0.39, 0.29) is 11.9 Å². The summed E-state index contributed by atoms with van der Waals surface area (Å²) in [4.78, 5) is 0. The van der Waals surface area contributed by atoms with Crippen LogP contribution in [0.15, 0.2) is 42.5 Å². The predicted octanol–water partition coefficient (Wildman–Crippen LogP) is 4.49. The van der Waals surface area contributed by atoms with Crippen LogP contribution in [0.4, 0.5) is 14.5 Å². The van der Waals surface area contributed by atoms with Gasteiger partial charge in [-0.3, -0.25) is 0 Å². The van der Waals surface area contributed by atoms with Gasteiger partial charge in [0.15, 0.2) is 0 Å². The maximum atomic E-state index is 12.1. The van der Waals surface area contributed by atoms with Crippen LogP contribution in [-0.2, 0) is 0 Å². The lowest BCUT2D eigenvalue weighted by atomic mass is 10.1. The highest BCUT2D eigenvalue weighted by atomic mass is 35.5. The van der Waals surface area contributed by atoms with Crippen LogP contribution in [0.1, 0.15) is 11.7 Å². The molecule has 0 saturated carbocycles. The lowest BCUT2D eigenvalue weighted by molar-refractivity contribution is -0.0498. The fourth-order valence-electron chi connectivity index (χ4n) is 2.19. The van der Waals surface area contributed by atoms with Crippen LogP contribution in [-0.4, -0.2) is 13.2 Å². The first-order valence-electron chi connectivity index (χ1n) is 6.36. The quantitative estimate of drug-likeness (QED) is 0.906. The average Bonchev–Trinajstić information content (AvgIpc) is 2.47. The van der Waals surface area contributed by atoms with E-state index in [9.17, 15) is 8.78 Å². The molecule has 1 aliphatic heterocycles. The molecule has 0 saturated heterocycles. The molecule has 0 spiro atoms. The Morgan fingerprint density at radius 3 is 2.67 bits per heavy atom. The molecular weight excluding hydrogens is 300 g/mol. The molecule has 0 bridgehead atoms. The second-order valence-corrected chi connectivity index (χ2v) is 5.01. The van der Waals surface area contributed by atoms with E-state index in [0.717, 1.165) is 11.3 Å². The molecule has 6 heteroatoms. The summed E-state index contributed by atoms with van der Waals surface area (Å²) in [5, 5.41) is 3.87. The highest BCUT2D eigenvalue weighted by molar-refractivity contribution is 6.30. The molecule has 1 heterocycles. The number of fused-ring (bicyclic) bond motifs is 1. The van der Waals surface area contributed by atoms with E-state index in [1.54, 1.807) is 30.3 Å². The van der Waals surface area contributed by atoms with E-state index in [0.29, 0.717) is 17.3 Å². The minimum absolute atomic E-state index is 0.129. The molecule has 1 atom stereocenters. The molecule has 2 aromatic rings. The van der Waals surface area contributed by atoms with E-state index < -0.39 is 6.61 Å². The van der Waals surface area contributed by atoms with E-state index in [1.807, 2.05) is 0 Å². The fourth-order valence-corrected chi connectivity index (χ4v) is 2.36. The number of ether oxygens (including phenoxy) is 2. The van der Waals surface area contributed by atoms with E-state index >= 15 is 0 Å². The molecule has 0 amide bonds. The van der Waals surface area contributed by atoms with Gasteiger partial charge in [-0.15, -0.1) is 0 Å². The standard InChI is InChI=1S/C15H12ClF2NO2/c16-10-3-6-13-12(7-10)19-8-14(21-13)9-1-4-11(5-2-9)20-15(17)18/h1-7,14-15,19H,8H2. The van der Waals surface area contributed by atoms with Crippen LogP contribution >= 0.6 is 11.6 Å². The van der Waals surface area contributed by atoms with Crippen molar-refractivity contribution < 1.29 is 18.3 Å². The summed E-state index contributed by atoms with van der Waals surface area (Å²) in [6, 6.07) is 11.8. The van der Waals surface area contributed by atoms with E-state index in [4.69, 9.17) is 16.3 Å². The fraction of sp³-hybridized carbons (Fsp3) is 0.200. The number of alkyl halides is 2. The number of hydrogen-bond donors (Lipinski definition) is 1. The van der Waals surface area contributed by atoms with Crippen molar-refractivity contribution in [1.29, 1.82) is 0 Å². The molecule has 110 valence electrons. The Balaban J connectivity index is 1.75. The van der Waals surface area contributed by atoms with Gasteiger partial charge >= 0.3 is 6.61 Å². The summed E-state index contributed by atoms with van der Waals surface area (Å²) < 4.78 is 34.4. The van der Waals surface area contributed by atoms with Crippen LogP contribution in [0.3, 0.4) is 0 Å². The smallest absolute Gasteiger partial charge is 0.387 e. The minimum atomic E-state index is -2.82. The maximum absolute atomic E-state index is 12.1. The number of hydrogen-bond acceptors (Lipinski definition) is 3. The Morgan fingerprint density at radius 2 is 1.95 bits per heavy atom. The predicted molar refractivity (Wildman–Crippen MR) is 76.4 cm³/mol. The molecule has 2 aromatic carbocycles. The Hall–Kier alpha value is -2.01. The van der Waals surface area contributed by atoms with Crippen LogP contribution in [0, 0.1) is 0 Å². The Kier molecular flexibility index (Phi) is 3.84. The largest absolute Gasteiger partial charge is 0.482 e. The van der Waals surface area contributed by atoms with Crippen molar-refractivity contribution >= 4 is 17.3 Å². The summed E-state index contributed by atoms with van der Waals surface area (Å²) in [5.74, 6) is 0.841. The van der Waals surface area contributed by atoms with E-state index in [2.05, 4.69) is 10.1 Å². The molecule has 1 aliphatic rings. The lowest BCUT2D eigenvalue weighted by Gasteiger charge is -2.27. The Bertz CT molecular complexity index is 634. The second kappa shape index (κ2) is 5.77. The van der Waals surface area contributed by atoms with Gasteiger partial charge in [0.05, 0.1) is 12.2 Å². The van der Waals surface area contributed by atoms with E-state index in [1.165, 1.54) is 12.1 Å². The van der Waals surface area contributed by atoms with Gasteiger partial charge in [0.1, 0.15) is 17.6 Å². The zero-order valence-electron chi connectivity index (χ0n) is 10.9. The van der Waals surface area contributed by atoms with Crippen molar-refractivity contribution in [3.05, 3.63) is 53.1 Å². The average molecular weight is 312 g/mol. The molecule has 0 aliphatic carbocycles. The topological polar surface area (TPSA) is 30.5 Å². The van der Waals surface area contributed by atoms with Gasteiger partial charge in [-0.05, 0) is 35.9 Å². The zero-order chi connectivity index (χ0) is 14.8. The van der Waals surface area contributed by atoms with Crippen molar-refractivity contribution in [1.82, 2.24) is 0 Å². The molecule has 0 fully saturated rings. The van der Waals surface area contributed by atoms with Crippen molar-refractivity contribution in [2.24, 2.45) is 0 Å². The normalized spacial score (nSPS) is 16.9. The first-order valence-corrected chi connectivity index (χ1v) is 6.74. The van der Waals surface area contributed by atoms with Gasteiger partial charge in [-0.1, -0.05) is 23.7 Å². The van der Waals surface area contributed by atoms with Gasteiger partial charge in [0.2, 0.25) is 0 Å². The highest BCUT2D eigenvalue weighted by Crippen LogP contribution is 2.36. The second-order valence-electron chi connectivity index (χ2n) is 4.58. The zero-order valence-corrected chi connectivity index (χ0v) is 11.6. The molecule has 1 N–H and O–H groups in total. The lowest BCUT2D eigenvalue weighted by Crippen LogP contribution is -2.23. The maximum Gasteiger partial charge on any atom is 0.387 e. The highest BCUT2D eigenvalue weighted by Gasteiger charge is 2.21. The molecular formula is C15H12ClF2NO2. The van der Waals surface area contributed by atoms with Gasteiger partial charge in [-0.25, -0.2) is 0 Å². The summed E-state index contributed by atoms with van der Waals surface area (Å²) in [6.07, 6.45) is -0.195. The number of nitrogens with one attached hydrogen (secondary N) is 1. The minimum Gasteiger partial charge on any atom is -0.482 e. The molecule has 0 radical (unpaired) electrons. The Labute approximate surface area is 125 Å². The van der Waals surface area contributed by atoms with Crippen molar-refractivity contribution in [2.45, 2.75) is 12.7 Å². The third kappa shape index (κ3) is 3.19. The van der Waals surface area contributed by atoms with Crippen LogP contribution in [0.2, 0.25) is 5.02 Å². The van der Waals surface area contributed by atoms with Gasteiger partial charge in [0, 0.05) is 5.02 Å². The van der Waals surface area contributed by atoms with Crippen molar-refractivity contribution in [3.8, 4) is 11.5 Å². The molecule has 3 rings (SSSR count). The number of halogens is 3. The molecule has 1 unspecified atom stereocenters. The SMILES string of the molecule is FC(F)Oc1ccc(C2CNc3cc(Cl)ccc3O2)cc1. The summed E-state index contributed by atoms with van der Waals surface area (Å²) in [7, 11) is 0. The first-order chi connectivity index (χ1) is 10.1. The summed E-state index contributed by atoms with van der Waals surface area (Å²) in [5.41, 5.74) is 1.72. The van der Waals surface area contributed by atoms with Crippen molar-refractivity contribution in [3.63, 3.8) is 0 Å². The van der Waals surface area contributed by atoms with Crippen molar-refractivity contribution in [2.75, 3.05) is 11.9 Å². The number of benzene rings is 2. The van der Waals surface area contributed by atoms with Crippen LogP contribution < -0.4 is 14.8 Å². The summed E-state index contributed by atoms with van der Waals surface area (Å²) in [6.45, 7) is -2.25. The number of rotatable bonds is 3. The first kappa shape index (κ1) is 13.9. The molecule has 21 heavy (non-hydrogen) atoms. The van der Waals surface area contributed by atoms with Gasteiger partial charge in [0.25, 0.3) is 0 Å². The summed E-state index contributed by atoms with van der Waals surface area (Å²) >= 11 is 5.92. The molecule has 3 nitrogen and oxygen atoms in total. The molecule has 0 aromatic heterocycles.